The number of hydrogen-bond acceptors (Lipinski definition) is 8. The normalized spacial score (nSPS) is 20.8. The van der Waals surface area contributed by atoms with Crippen LogP contribution < -0.4 is 10.5 Å². The van der Waals surface area contributed by atoms with Gasteiger partial charge in [0.05, 0.1) is 17.5 Å². The standard InChI is InChI=1S/C26H30F3N7O4S/c1-2-20(37)35-11-3-5-18(14-35)36-25-21(24(30)31-15-32-25)22(34-36)17-9-7-16(8-10-17)13-33-41(38,39)23(26(27,28)29)19-6-4-12-40-19/h2,7-10,15,18-19,23,33H,1,3-6,11-14H2,(H2,30,31,32). The number of anilines is 1. The highest BCUT2D eigenvalue weighted by Crippen LogP contribution is 2.35. The molecule has 15 heteroatoms. The largest absolute Gasteiger partial charge is 0.409 e. The number of carbonyl (C=O) groups is 1. The summed E-state index contributed by atoms with van der Waals surface area (Å²) < 4.78 is 75.2. The number of halogens is 3. The number of rotatable bonds is 8. The van der Waals surface area contributed by atoms with Crippen LogP contribution in [0, 0.1) is 0 Å². The van der Waals surface area contributed by atoms with Crippen LogP contribution in [0.2, 0.25) is 0 Å². The number of sulfonamides is 1. The van der Waals surface area contributed by atoms with Crippen molar-refractivity contribution in [3.05, 3.63) is 48.8 Å². The molecule has 0 spiro atoms. The number of nitrogens with one attached hydrogen (secondary N) is 1. The average Bonchev–Trinajstić information content (AvgIpc) is 3.60. The van der Waals surface area contributed by atoms with E-state index < -0.39 is 27.6 Å². The molecule has 41 heavy (non-hydrogen) atoms. The molecule has 220 valence electrons. The van der Waals surface area contributed by atoms with E-state index in [9.17, 15) is 26.4 Å². The fraction of sp³-hybridized carbons (Fsp3) is 0.462. The van der Waals surface area contributed by atoms with Crippen molar-refractivity contribution in [2.45, 2.75) is 55.8 Å². The zero-order chi connectivity index (χ0) is 29.4. The molecule has 0 aliphatic carbocycles. The van der Waals surface area contributed by atoms with Gasteiger partial charge in [0.15, 0.2) is 10.9 Å². The highest BCUT2D eigenvalue weighted by atomic mass is 32.2. The van der Waals surface area contributed by atoms with Crippen molar-refractivity contribution < 1.29 is 31.1 Å². The van der Waals surface area contributed by atoms with Gasteiger partial charge in [-0.3, -0.25) is 4.79 Å². The Kier molecular flexibility index (Phi) is 8.03. The lowest BCUT2D eigenvalue weighted by molar-refractivity contribution is -0.150. The Morgan fingerprint density at radius 2 is 1.98 bits per heavy atom. The van der Waals surface area contributed by atoms with Crippen LogP contribution >= 0.6 is 0 Å². The van der Waals surface area contributed by atoms with Gasteiger partial charge in [0.25, 0.3) is 0 Å². The topological polar surface area (TPSA) is 145 Å². The summed E-state index contributed by atoms with van der Waals surface area (Å²) >= 11 is 0. The molecule has 3 atom stereocenters. The Morgan fingerprint density at radius 3 is 2.63 bits per heavy atom. The predicted molar refractivity (Wildman–Crippen MR) is 145 cm³/mol. The number of hydrogen-bond donors (Lipinski definition) is 2. The van der Waals surface area contributed by atoms with Crippen molar-refractivity contribution in [3.8, 4) is 11.3 Å². The lowest BCUT2D eigenvalue weighted by atomic mass is 10.1. The first-order valence-electron chi connectivity index (χ1n) is 13.2. The molecule has 0 saturated carbocycles. The number of likely N-dealkylation sites (tertiary alicyclic amines) is 1. The number of carbonyl (C=O) groups excluding carboxylic acids is 1. The number of ether oxygens (including phenoxy) is 1. The van der Waals surface area contributed by atoms with E-state index >= 15 is 0 Å². The first kappa shape index (κ1) is 29.0. The second-order valence-electron chi connectivity index (χ2n) is 10.1. The summed E-state index contributed by atoms with van der Waals surface area (Å²) in [5.74, 6) is 0.0549. The second kappa shape index (κ2) is 11.4. The molecule has 3 aromatic rings. The Hall–Kier alpha value is -3.56. The quantitative estimate of drug-likeness (QED) is 0.379. The number of nitrogens with two attached hydrogens (primary N) is 1. The molecular formula is C26H30F3N7O4S. The van der Waals surface area contributed by atoms with Gasteiger partial charge in [-0.15, -0.1) is 0 Å². The van der Waals surface area contributed by atoms with Gasteiger partial charge in [-0.1, -0.05) is 30.8 Å². The summed E-state index contributed by atoms with van der Waals surface area (Å²) in [7, 11) is -4.76. The van der Waals surface area contributed by atoms with Gasteiger partial charge in [0.1, 0.15) is 17.8 Å². The summed E-state index contributed by atoms with van der Waals surface area (Å²) in [6.45, 7) is 4.37. The van der Waals surface area contributed by atoms with Gasteiger partial charge in [0.2, 0.25) is 15.9 Å². The molecule has 2 aliphatic heterocycles. The number of piperidine rings is 1. The van der Waals surface area contributed by atoms with Gasteiger partial charge in [0, 0.05) is 31.8 Å². The lowest BCUT2D eigenvalue weighted by Crippen LogP contribution is -2.50. The van der Waals surface area contributed by atoms with Crippen LogP contribution in [-0.4, -0.2) is 76.2 Å². The van der Waals surface area contributed by atoms with Crippen LogP contribution in [0.25, 0.3) is 22.3 Å². The van der Waals surface area contributed by atoms with Crippen LogP contribution in [0.15, 0.2) is 43.2 Å². The molecule has 1 amide bonds. The van der Waals surface area contributed by atoms with E-state index in [1.807, 2.05) is 0 Å². The Balaban J connectivity index is 1.38. The predicted octanol–water partition coefficient (Wildman–Crippen LogP) is 2.95. The Morgan fingerprint density at radius 1 is 1.22 bits per heavy atom. The van der Waals surface area contributed by atoms with Crippen LogP contribution in [0.3, 0.4) is 0 Å². The summed E-state index contributed by atoms with van der Waals surface area (Å²) in [5.41, 5.74) is 8.29. The van der Waals surface area contributed by atoms with E-state index in [2.05, 4.69) is 21.3 Å². The molecule has 3 N–H and O–H groups in total. The van der Waals surface area contributed by atoms with E-state index in [-0.39, 0.29) is 37.3 Å². The zero-order valence-electron chi connectivity index (χ0n) is 22.0. The molecule has 2 fully saturated rings. The van der Waals surface area contributed by atoms with Crippen molar-refractivity contribution in [1.82, 2.24) is 29.4 Å². The minimum atomic E-state index is -4.97. The van der Waals surface area contributed by atoms with E-state index in [1.165, 1.54) is 12.4 Å². The third-order valence-corrected chi connectivity index (χ3v) is 9.20. The fourth-order valence-electron chi connectivity index (χ4n) is 5.42. The molecular weight excluding hydrogens is 563 g/mol. The van der Waals surface area contributed by atoms with E-state index in [1.54, 1.807) is 33.8 Å². The van der Waals surface area contributed by atoms with Crippen molar-refractivity contribution >= 4 is 32.8 Å². The number of alkyl halides is 3. The van der Waals surface area contributed by atoms with Crippen LogP contribution in [0.4, 0.5) is 19.0 Å². The molecule has 0 bridgehead atoms. The maximum Gasteiger partial charge on any atom is 0.409 e. The third kappa shape index (κ3) is 5.92. The number of nitrogen functional groups attached to an aromatic ring is 1. The monoisotopic (exact) mass is 593 g/mol. The SMILES string of the molecule is C=CC(=O)N1CCCC(n2nc(-c3ccc(CNS(=O)(=O)C(C4CCCO4)C(F)(F)F)cc3)c3c(N)ncnc32)C1. The van der Waals surface area contributed by atoms with Gasteiger partial charge >= 0.3 is 6.18 Å². The maximum absolute atomic E-state index is 13.7. The number of amides is 1. The second-order valence-corrected chi connectivity index (χ2v) is 12.0. The highest BCUT2D eigenvalue weighted by Gasteiger charge is 2.54. The van der Waals surface area contributed by atoms with Crippen molar-refractivity contribution in [2.75, 3.05) is 25.4 Å². The van der Waals surface area contributed by atoms with Crippen LogP contribution in [0.1, 0.15) is 37.3 Å². The fourth-order valence-corrected chi connectivity index (χ4v) is 6.93. The molecule has 2 aromatic heterocycles. The number of aromatic nitrogens is 4. The number of benzene rings is 1. The molecule has 3 unspecified atom stereocenters. The molecule has 2 aliphatic rings. The summed E-state index contributed by atoms with van der Waals surface area (Å²) in [4.78, 5) is 22.4. The summed E-state index contributed by atoms with van der Waals surface area (Å²) in [5, 5.41) is 2.67. The van der Waals surface area contributed by atoms with Crippen molar-refractivity contribution in [2.24, 2.45) is 0 Å². The van der Waals surface area contributed by atoms with Gasteiger partial charge in [-0.2, -0.15) is 18.3 Å². The van der Waals surface area contributed by atoms with E-state index in [4.69, 9.17) is 15.6 Å². The van der Waals surface area contributed by atoms with Crippen LogP contribution in [-0.2, 0) is 26.1 Å². The maximum atomic E-state index is 13.7. The van der Waals surface area contributed by atoms with Gasteiger partial charge in [-0.05, 0) is 37.3 Å². The molecule has 11 nitrogen and oxygen atoms in total. The van der Waals surface area contributed by atoms with Crippen molar-refractivity contribution in [3.63, 3.8) is 0 Å². The molecule has 0 radical (unpaired) electrons. The third-order valence-electron chi connectivity index (χ3n) is 7.41. The summed E-state index contributed by atoms with van der Waals surface area (Å²) in [6, 6.07) is 6.40. The molecule has 5 rings (SSSR count). The van der Waals surface area contributed by atoms with Crippen molar-refractivity contribution in [1.29, 1.82) is 0 Å². The van der Waals surface area contributed by atoms with Crippen LogP contribution in [0.5, 0.6) is 0 Å². The zero-order valence-corrected chi connectivity index (χ0v) is 22.9. The molecule has 1 aromatic carbocycles. The highest BCUT2D eigenvalue weighted by molar-refractivity contribution is 7.90. The van der Waals surface area contributed by atoms with Gasteiger partial charge in [-0.25, -0.2) is 27.8 Å². The minimum absolute atomic E-state index is 0.0245. The van der Waals surface area contributed by atoms with E-state index in [0.717, 1.165) is 12.8 Å². The summed E-state index contributed by atoms with van der Waals surface area (Å²) in [6.07, 6.45) is -1.84. The Bertz CT molecular complexity index is 1540. The average molecular weight is 594 g/mol. The first-order valence-corrected chi connectivity index (χ1v) is 14.7. The minimum Gasteiger partial charge on any atom is -0.383 e. The Labute approximate surface area is 234 Å². The smallest absolute Gasteiger partial charge is 0.383 e. The molecule has 4 heterocycles. The number of fused-ring (bicyclic) bond motifs is 1. The first-order chi connectivity index (χ1) is 19.5. The number of nitrogens with zero attached hydrogens (tertiary/aromatic N) is 5. The molecule has 2 saturated heterocycles. The van der Waals surface area contributed by atoms with E-state index in [0.29, 0.717) is 47.4 Å². The lowest BCUT2D eigenvalue weighted by Gasteiger charge is -2.32. The van der Waals surface area contributed by atoms with Gasteiger partial charge < -0.3 is 15.4 Å².